The number of piperidine rings is 1. The van der Waals surface area contributed by atoms with E-state index in [1.165, 1.54) is 12.1 Å². The maximum Gasteiger partial charge on any atom is 0.276 e. The lowest BCUT2D eigenvalue weighted by molar-refractivity contribution is -0.385. The highest BCUT2D eigenvalue weighted by Crippen LogP contribution is 2.28. The number of ether oxygens (including phenoxy) is 2. The summed E-state index contributed by atoms with van der Waals surface area (Å²) in [6.45, 7) is 4.91. The molecule has 1 aromatic rings. The van der Waals surface area contributed by atoms with E-state index in [-0.39, 0.29) is 5.69 Å². The molecule has 0 atom stereocenters. The monoisotopic (exact) mass is 280 g/mol. The average Bonchev–Trinajstić information content (AvgIpc) is 2.46. The highest BCUT2D eigenvalue weighted by molar-refractivity contribution is 5.46. The van der Waals surface area contributed by atoms with Crippen LogP contribution in [0.4, 0.5) is 5.69 Å². The Labute approximate surface area is 118 Å². The van der Waals surface area contributed by atoms with Gasteiger partial charge in [-0.2, -0.15) is 0 Å². The van der Waals surface area contributed by atoms with Crippen LogP contribution in [0.15, 0.2) is 18.2 Å². The molecule has 20 heavy (non-hydrogen) atoms. The lowest BCUT2D eigenvalue weighted by Crippen LogP contribution is -2.30. The molecule has 1 N–H and O–H groups in total. The van der Waals surface area contributed by atoms with Crippen molar-refractivity contribution in [3.05, 3.63) is 28.3 Å². The molecule has 6 heteroatoms. The molecule has 0 aromatic heterocycles. The Hall–Kier alpha value is -1.82. The predicted octanol–water partition coefficient (Wildman–Crippen LogP) is 2.37. The normalized spacial score (nSPS) is 15.8. The molecule has 1 aliphatic heterocycles. The van der Waals surface area contributed by atoms with E-state index in [4.69, 9.17) is 9.47 Å². The molecule has 1 fully saturated rings. The van der Waals surface area contributed by atoms with E-state index in [1.54, 1.807) is 6.07 Å². The summed E-state index contributed by atoms with van der Waals surface area (Å²) in [5.41, 5.74) is -0.00346. The molecule has 1 aromatic carbocycles. The molecule has 1 saturated heterocycles. The second kappa shape index (κ2) is 7.09. The number of nitro groups is 1. The van der Waals surface area contributed by atoms with Crippen LogP contribution in [0.5, 0.6) is 11.5 Å². The highest BCUT2D eigenvalue weighted by atomic mass is 16.6. The van der Waals surface area contributed by atoms with Gasteiger partial charge in [-0.25, -0.2) is 0 Å². The lowest BCUT2D eigenvalue weighted by atomic mass is 9.99. The second-order valence-corrected chi connectivity index (χ2v) is 4.86. The number of nitrogens with one attached hydrogen (secondary N) is 1. The van der Waals surface area contributed by atoms with Crippen molar-refractivity contribution in [1.29, 1.82) is 0 Å². The quantitative estimate of drug-likeness (QED) is 0.639. The second-order valence-electron chi connectivity index (χ2n) is 4.86. The molecule has 1 heterocycles. The summed E-state index contributed by atoms with van der Waals surface area (Å²) >= 11 is 0. The number of non-ortho nitro benzene ring substituents is 1. The molecule has 110 valence electrons. The zero-order valence-electron chi connectivity index (χ0n) is 11.6. The minimum Gasteiger partial charge on any atom is -0.493 e. The van der Waals surface area contributed by atoms with Crippen LogP contribution in [0.25, 0.3) is 0 Å². The van der Waals surface area contributed by atoms with E-state index in [0.717, 1.165) is 25.9 Å². The topological polar surface area (TPSA) is 73.6 Å². The summed E-state index contributed by atoms with van der Waals surface area (Å²) in [4.78, 5) is 10.5. The van der Waals surface area contributed by atoms with E-state index in [0.29, 0.717) is 30.6 Å². The van der Waals surface area contributed by atoms with Crippen molar-refractivity contribution in [2.45, 2.75) is 19.8 Å². The molecule has 6 nitrogen and oxygen atoms in total. The first-order chi connectivity index (χ1) is 9.69. The summed E-state index contributed by atoms with van der Waals surface area (Å²) in [7, 11) is 0. The smallest absolute Gasteiger partial charge is 0.276 e. The maximum absolute atomic E-state index is 10.9. The van der Waals surface area contributed by atoms with Crippen LogP contribution < -0.4 is 14.8 Å². The van der Waals surface area contributed by atoms with Crippen LogP contribution in [0, 0.1) is 16.0 Å². The van der Waals surface area contributed by atoms with Gasteiger partial charge in [-0.15, -0.1) is 0 Å². The molecule has 0 radical (unpaired) electrons. The van der Waals surface area contributed by atoms with Crippen LogP contribution in [-0.4, -0.2) is 31.2 Å². The molecule has 1 aliphatic rings. The van der Waals surface area contributed by atoms with Gasteiger partial charge in [0.25, 0.3) is 5.69 Å². The summed E-state index contributed by atoms with van der Waals surface area (Å²) in [6, 6.07) is 4.57. The molecule has 0 saturated carbocycles. The third-order valence-corrected chi connectivity index (χ3v) is 3.33. The van der Waals surface area contributed by atoms with Crippen molar-refractivity contribution in [1.82, 2.24) is 5.32 Å². The third kappa shape index (κ3) is 4.09. The molecule has 0 unspecified atom stereocenters. The van der Waals surface area contributed by atoms with Crippen molar-refractivity contribution in [2.24, 2.45) is 5.92 Å². The van der Waals surface area contributed by atoms with Crippen molar-refractivity contribution in [3.8, 4) is 11.5 Å². The maximum atomic E-state index is 10.9. The molecular formula is C14H20N2O4. The van der Waals surface area contributed by atoms with E-state index in [1.807, 2.05) is 6.92 Å². The fraction of sp³-hybridized carbons (Fsp3) is 0.571. The highest BCUT2D eigenvalue weighted by Gasteiger charge is 2.16. The Kier molecular flexibility index (Phi) is 5.17. The van der Waals surface area contributed by atoms with Crippen LogP contribution in [0.1, 0.15) is 19.8 Å². The van der Waals surface area contributed by atoms with Gasteiger partial charge in [0.1, 0.15) is 11.5 Å². The van der Waals surface area contributed by atoms with Crippen molar-refractivity contribution in [2.75, 3.05) is 26.3 Å². The Morgan fingerprint density at radius 1 is 1.25 bits per heavy atom. The summed E-state index contributed by atoms with van der Waals surface area (Å²) in [6.07, 6.45) is 2.15. The Morgan fingerprint density at radius 3 is 2.50 bits per heavy atom. The van der Waals surface area contributed by atoms with Crippen molar-refractivity contribution < 1.29 is 14.4 Å². The minimum absolute atomic E-state index is 0.00346. The Balaban J connectivity index is 2.03. The van der Waals surface area contributed by atoms with Crippen molar-refractivity contribution in [3.63, 3.8) is 0 Å². The Morgan fingerprint density at radius 2 is 1.90 bits per heavy atom. The fourth-order valence-corrected chi connectivity index (χ4v) is 2.26. The summed E-state index contributed by atoms with van der Waals surface area (Å²) in [5.74, 6) is 1.48. The standard InChI is InChI=1S/C14H20N2O4/c1-2-19-13-7-12(16(17)18)8-14(9-13)20-10-11-3-5-15-6-4-11/h7-9,11,15H,2-6,10H2,1H3. The summed E-state index contributed by atoms with van der Waals surface area (Å²) < 4.78 is 11.0. The van der Waals surface area contributed by atoms with E-state index in [9.17, 15) is 10.1 Å². The van der Waals surface area contributed by atoms with Gasteiger partial charge in [0.2, 0.25) is 0 Å². The molecule has 0 bridgehead atoms. The van der Waals surface area contributed by atoms with Gasteiger partial charge in [0.15, 0.2) is 0 Å². The number of nitrogens with zero attached hydrogens (tertiary/aromatic N) is 1. The largest absolute Gasteiger partial charge is 0.493 e. The summed E-state index contributed by atoms with van der Waals surface area (Å²) in [5, 5.41) is 14.2. The van der Waals surface area contributed by atoms with Gasteiger partial charge >= 0.3 is 0 Å². The van der Waals surface area contributed by atoms with E-state index < -0.39 is 4.92 Å². The first-order valence-corrected chi connectivity index (χ1v) is 6.95. The van der Waals surface area contributed by atoms with E-state index in [2.05, 4.69) is 5.32 Å². The molecule has 2 rings (SSSR count). The third-order valence-electron chi connectivity index (χ3n) is 3.33. The van der Waals surface area contributed by atoms with Gasteiger partial charge in [-0.1, -0.05) is 0 Å². The first kappa shape index (κ1) is 14.6. The SMILES string of the molecule is CCOc1cc(OCC2CCNCC2)cc([N+](=O)[O-])c1. The molecule has 0 spiro atoms. The minimum atomic E-state index is -0.431. The van der Waals surface area contributed by atoms with Gasteiger partial charge in [0.05, 0.1) is 30.3 Å². The lowest BCUT2D eigenvalue weighted by Gasteiger charge is -2.22. The molecule has 0 aliphatic carbocycles. The Bertz CT molecular complexity index is 458. The van der Waals surface area contributed by atoms with Crippen LogP contribution in [0.2, 0.25) is 0 Å². The number of rotatable bonds is 6. The zero-order valence-corrected chi connectivity index (χ0v) is 11.6. The zero-order chi connectivity index (χ0) is 14.4. The number of hydrogen-bond acceptors (Lipinski definition) is 5. The first-order valence-electron chi connectivity index (χ1n) is 6.95. The van der Waals surface area contributed by atoms with E-state index >= 15 is 0 Å². The fourth-order valence-electron chi connectivity index (χ4n) is 2.26. The number of benzene rings is 1. The predicted molar refractivity (Wildman–Crippen MR) is 75.4 cm³/mol. The number of nitro benzene ring substituents is 1. The van der Waals surface area contributed by atoms with Crippen LogP contribution >= 0.6 is 0 Å². The van der Waals surface area contributed by atoms with Gasteiger partial charge < -0.3 is 14.8 Å². The number of hydrogen-bond donors (Lipinski definition) is 1. The average molecular weight is 280 g/mol. The van der Waals surface area contributed by atoms with Gasteiger partial charge in [-0.3, -0.25) is 10.1 Å². The van der Waals surface area contributed by atoms with Crippen LogP contribution in [-0.2, 0) is 0 Å². The molecular weight excluding hydrogens is 260 g/mol. The van der Waals surface area contributed by atoms with Gasteiger partial charge in [-0.05, 0) is 38.8 Å². The van der Waals surface area contributed by atoms with Crippen LogP contribution in [0.3, 0.4) is 0 Å². The van der Waals surface area contributed by atoms with Crippen molar-refractivity contribution >= 4 is 5.69 Å². The molecule has 0 amide bonds. The van der Waals surface area contributed by atoms with Gasteiger partial charge in [0, 0.05) is 6.07 Å².